The van der Waals surface area contributed by atoms with Crippen molar-refractivity contribution in [3.8, 4) is 0 Å². The van der Waals surface area contributed by atoms with Crippen LogP contribution in [0.25, 0.3) is 0 Å². The van der Waals surface area contributed by atoms with Crippen molar-refractivity contribution in [1.82, 2.24) is 0 Å². The number of ether oxygens (including phenoxy) is 2. The monoisotopic (exact) mass is 370 g/mol. The van der Waals surface area contributed by atoms with Gasteiger partial charge in [-0.25, -0.2) is 0 Å². The van der Waals surface area contributed by atoms with E-state index >= 15 is 0 Å². The molecule has 0 radical (unpaired) electrons. The Bertz CT molecular complexity index is 286. The van der Waals surface area contributed by atoms with Crippen molar-refractivity contribution in [3.05, 3.63) is 0 Å². The number of hydrogen-bond acceptors (Lipinski definition) is 2. The summed E-state index contributed by atoms with van der Waals surface area (Å²) in [5.41, 5.74) is 0.0819. The van der Waals surface area contributed by atoms with E-state index in [1.54, 1.807) is 0 Å². The van der Waals surface area contributed by atoms with Gasteiger partial charge in [0.2, 0.25) is 0 Å². The quantitative estimate of drug-likeness (QED) is 0.216. The highest BCUT2D eigenvalue weighted by Gasteiger charge is 2.33. The van der Waals surface area contributed by atoms with Crippen LogP contribution in [0.3, 0.4) is 0 Å². The molecular weight excluding hydrogens is 320 g/mol. The predicted molar refractivity (Wildman–Crippen MR) is 116 cm³/mol. The third-order valence-corrected chi connectivity index (χ3v) is 5.29. The number of unbranched alkanes of at least 4 members (excludes halogenated alkanes) is 10. The van der Waals surface area contributed by atoms with Gasteiger partial charge in [-0.15, -0.1) is 0 Å². The lowest BCUT2D eigenvalue weighted by Gasteiger charge is -2.37. The van der Waals surface area contributed by atoms with E-state index in [2.05, 4.69) is 41.5 Å². The van der Waals surface area contributed by atoms with Crippen molar-refractivity contribution in [1.29, 1.82) is 0 Å². The van der Waals surface area contributed by atoms with Crippen LogP contribution in [-0.2, 0) is 9.47 Å². The van der Waals surface area contributed by atoms with Crippen LogP contribution in [0.4, 0.5) is 0 Å². The van der Waals surface area contributed by atoms with Gasteiger partial charge in [0, 0.05) is 18.6 Å². The highest BCUT2D eigenvalue weighted by molar-refractivity contribution is 4.81. The molecule has 158 valence electrons. The second-order valence-electron chi connectivity index (χ2n) is 9.11. The molecule has 0 aromatic carbocycles. The first kappa shape index (κ1) is 25.9. The Hall–Kier alpha value is -0.0800. The second kappa shape index (κ2) is 17.0. The lowest BCUT2D eigenvalue weighted by molar-refractivity contribution is -0.0877. The van der Waals surface area contributed by atoms with Crippen LogP contribution in [0.1, 0.15) is 119 Å². The molecule has 0 aliphatic rings. The van der Waals surface area contributed by atoms with Crippen LogP contribution >= 0.6 is 0 Å². The predicted octanol–water partition coefficient (Wildman–Crippen LogP) is 7.79. The molecule has 2 nitrogen and oxygen atoms in total. The molecule has 0 N–H and O–H groups in total. The fourth-order valence-electron chi connectivity index (χ4n) is 3.81. The van der Waals surface area contributed by atoms with Gasteiger partial charge in [0.25, 0.3) is 0 Å². The zero-order valence-electron chi connectivity index (χ0n) is 19.1. The first-order valence-corrected chi connectivity index (χ1v) is 11.6. The summed E-state index contributed by atoms with van der Waals surface area (Å²) in [6, 6.07) is 0. The van der Waals surface area contributed by atoms with Crippen molar-refractivity contribution >= 4 is 0 Å². The van der Waals surface area contributed by atoms with E-state index in [9.17, 15) is 0 Å². The topological polar surface area (TPSA) is 18.5 Å². The van der Waals surface area contributed by atoms with Crippen molar-refractivity contribution in [3.63, 3.8) is 0 Å². The van der Waals surface area contributed by atoms with E-state index in [1.807, 2.05) is 0 Å². The Morgan fingerprint density at radius 3 is 1.62 bits per heavy atom. The van der Waals surface area contributed by atoms with Gasteiger partial charge in [-0.3, -0.25) is 0 Å². The molecule has 0 saturated heterocycles. The van der Waals surface area contributed by atoms with Gasteiger partial charge in [0.15, 0.2) is 0 Å². The molecule has 0 aromatic rings. The Morgan fingerprint density at radius 2 is 1.12 bits per heavy atom. The van der Waals surface area contributed by atoms with Gasteiger partial charge in [-0.2, -0.15) is 0 Å². The molecular formula is C24H50O2. The van der Waals surface area contributed by atoms with Gasteiger partial charge in [-0.05, 0) is 18.8 Å². The van der Waals surface area contributed by atoms with Crippen molar-refractivity contribution in [2.24, 2.45) is 11.3 Å². The van der Waals surface area contributed by atoms with Crippen LogP contribution in [0.2, 0.25) is 0 Å². The minimum absolute atomic E-state index is 0.0819. The summed E-state index contributed by atoms with van der Waals surface area (Å²) in [5.74, 6) is 0.530. The van der Waals surface area contributed by atoms with Crippen LogP contribution in [0, 0.1) is 11.3 Å². The third-order valence-electron chi connectivity index (χ3n) is 5.29. The van der Waals surface area contributed by atoms with Gasteiger partial charge in [0.1, 0.15) is 0 Å². The average Bonchev–Trinajstić information content (AvgIpc) is 2.59. The van der Waals surface area contributed by atoms with Crippen molar-refractivity contribution < 1.29 is 9.47 Å². The van der Waals surface area contributed by atoms with Crippen LogP contribution in [-0.4, -0.2) is 25.9 Å². The molecule has 26 heavy (non-hydrogen) atoms. The lowest BCUT2D eigenvalue weighted by Crippen LogP contribution is -2.40. The SMILES string of the molecule is CCCCCCCCOCC(C)(C)C(OCCCCCCCC)C(C)C. The summed E-state index contributed by atoms with van der Waals surface area (Å²) < 4.78 is 12.3. The van der Waals surface area contributed by atoms with Crippen LogP contribution in [0.15, 0.2) is 0 Å². The normalized spacial score (nSPS) is 13.5. The van der Waals surface area contributed by atoms with Gasteiger partial charge in [-0.1, -0.05) is 106 Å². The molecule has 0 heterocycles. The maximum absolute atomic E-state index is 6.32. The molecule has 0 spiro atoms. The van der Waals surface area contributed by atoms with Crippen molar-refractivity contribution in [2.45, 2.75) is 125 Å². The molecule has 0 bridgehead atoms. The standard InChI is InChI=1S/C24H50O2/c1-7-9-11-13-15-17-19-25-21-24(5,6)23(22(3)4)26-20-18-16-14-12-10-8-2/h22-23H,7-21H2,1-6H3. The summed E-state index contributed by atoms with van der Waals surface area (Å²) in [6.45, 7) is 16.3. The maximum atomic E-state index is 6.32. The highest BCUT2D eigenvalue weighted by atomic mass is 16.5. The average molecular weight is 371 g/mol. The fourth-order valence-corrected chi connectivity index (χ4v) is 3.81. The Labute approximate surface area is 165 Å². The Kier molecular flexibility index (Phi) is 17.0. The highest BCUT2D eigenvalue weighted by Crippen LogP contribution is 2.30. The molecule has 1 unspecified atom stereocenters. The first-order chi connectivity index (χ1) is 12.5. The van der Waals surface area contributed by atoms with Gasteiger partial charge < -0.3 is 9.47 Å². The summed E-state index contributed by atoms with van der Waals surface area (Å²) in [7, 11) is 0. The maximum Gasteiger partial charge on any atom is 0.0670 e. The Balaban J connectivity index is 3.93. The third kappa shape index (κ3) is 14.0. The molecule has 2 heteroatoms. The van der Waals surface area contributed by atoms with E-state index < -0.39 is 0 Å². The zero-order chi connectivity index (χ0) is 19.7. The summed E-state index contributed by atoms with van der Waals surface area (Å²) in [4.78, 5) is 0. The largest absolute Gasteiger partial charge is 0.381 e. The first-order valence-electron chi connectivity index (χ1n) is 11.6. The zero-order valence-corrected chi connectivity index (χ0v) is 19.1. The molecule has 0 saturated carbocycles. The molecule has 0 amide bonds. The summed E-state index contributed by atoms with van der Waals surface area (Å²) in [5, 5.41) is 0. The van der Waals surface area contributed by atoms with Crippen LogP contribution < -0.4 is 0 Å². The molecule has 0 fully saturated rings. The number of hydrogen-bond donors (Lipinski definition) is 0. The summed E-state index contributed by atoms with van der Waals surface area (Å²) in [6.07, 6.45) is 16.1. The minimum Gasteiger partial charge on any atom is -0.381 e. The van der Waals surface area contributed by atoms with Crippen LogP contribution in [0.5, 0.6) is 0 Å². The fraction of sp³-hybridized carbons (Fsp3) is 1.00. The molecule has 0 aliphatic carbocycles. The van der Waals surface area contributed by atoms with E-state index in [0.29, 0.717) is 5.92 Å². The number of rotatable bonds is 19. The van der Waals surface area contributed by atoms with Crippen molar-refractivity contribution in [2.75, 3.05) is 19.8 Å². The van der Waals surface area contributed by atoms with E-state index in [-0.39, 0.29) is 11.5 Å². The molecule has 0 aliphatic heterocycles. The minimum atomic E-state index is 0.0819. The van der Waals surface area contributed by atoms with E-state index in [4.69, 9.17) is 9.47 Å². The molecule has 0 aromatic heterocycles. The smallest absolute Gasteiger partial charge is 0.0670 e. The van der Waals surface area contributed by atoms with E-state index in [1.165, 1.54) is 77.0 Å². The van der Waals surface area contributed by atoms with Gasteiger partial charge >= 0.3 is 0 Å². The Morgan fingerprint density at radius 1 is 0.654 bits per heavy atom. The molecule has 1 atom stereocenters. The summed E-state index contributed by atoms with van der Waals surface area (Å²) >= 11 is 0. The van der Waals surface area contributed by atoms with Gasteiger partial charge in [0.05, 0.1) is 12.7 Å². The van der Waals surface area contributed by atoms with E-state index in [0.717, 1.165) is 19.8 Å². The second-order valence-corrected chi connectivity index (χ2v) is 9.11. The molecule has 0 rings (SSSR count). The lowest BCUT2D eigenvalue weighted by atomic mass is 9.81.